The van der Waals surface area contributed by atoms with E-state index in [1.54, 1.807) is 0 Å². The van der Waals surface area contributed by atoms with E-state index in [2.05, 4.69) is 140 Å². The van der Waals surface area contributed by atoms with Crippen LogP contribution in [0.4, 0.5) is 26.3 Å². The quantitative estimate of drug-likeness (QED) is 0.122. The minimum atomic E-state index is -4.41. The molecule has 0 unspecified atom stereocenters. The average Bonchev–Trinajstić information content (AvgIpc) is 3.91. The van der Waals surface area contributed by atoms with Gasteiger partial charge in [0.1, 0.15) is 0 Å². The number of aryl methyl sites for hydroxylation is 2. The van der Waals surface area contributed by atoms with Gasteiger partial charge >= 0.3 is 137 Å². The number of rotatable bonds is 4. The summed E-state index contributed by atoms with van der Waals surface area (Å²) in [4.78, 5) is 0. The van der Waals surface area contributed by atoms with Crippen LogP contribution in [0.15, 0.2) is 133 Å². The maximum absolute atomic E-state index is 12.5. The Kier molecular flexibility index (Phi) is 17.1. The summed E-state index contributed by atoms with van der Waals surface area (Å²) in [5.41, 5.74) is 15.9. The topological polar surface area (TPSA) is 0 Å². The van der Waals surface area contributed by atoms with Gasteiger partial charge < -0.3 is 24.8 Å². The molecule has 0 saturated heterocycles. The molecule has 0 radical (unpaired) electrons. The Morgan fingerprint density at radius 1 is 0.547 bits per heavy atom. The standard InChI is InChI=1S/C35H37.C15H8F6.C5H5.2ClH.Zr/c1-22-13-9-11-15-26(22)30-18-24-17-25-19-31(27-16-12-10-14-23(27)2)33(35(6,7)8)21-29(25)28(24)20-32(30)34(3,4)5;16-14(17,18)12-5-1-10(2-6-12)9-11-3-7-13(8-4-11)15(19,20)21;1-2-4-5-3-1;;;/h9-16,18,20-21H,17H2,1-8H3;1-8H;1-3H,4H2;2*1H;/q-1;;-1;;;+2/p-2. The van der Waals surface area contributed by atoms with Gasteiger partial charge in [-0.15, -0.1) is 35.2 Å². The first-order chi connectivity index (χ1) is 29.0. The molecule has 6 aromatic carbocycles. The normalized spacial score (nSPS) is 12.8. The maximum Gasteiger partial charge on any atom is -0.109 e. The fourth-order valence-corrected chi connectivity index (χ4v) is 8.55. The third kappa shape index (κ3) is 12.3. The van der Waals surface area contributed by atoms with E-state index >= 15 is 0 Å². The molecule has 64 heavy (non-hydrogen) atoms. The fraction of sp³-hybridized carbons (Fsp3) is 0.255. The molecule has 0 spiro atoms. The van der Waals surface area contributed by atoms with Gasteiger partial charge in [-0.1, -0.05) is 124 Å². The molecule has 2 aliphatic carbocycles. The summed E-state index contributed by atoms with van der Waals surface area (Å²) in [6.07, 6.45) is 2.12. The maximum atomic E-state index is 12.5. The molecule has 0 aliphatic heterocycles. The predicted molar refractivity (Wildman–Crippen MR) is 239 cm³/mol. The number of alkyl halides is 6. The molecule has 332 valence electrons. The van der Waals surface area contributed by atoms with E-state index in [-0.39, 0.29) is 35.6 Å². The van der Waals surface area contributed by atoms with Crippen molar-refractivity contribution in [2.24, 2.45) is 0 Å². The van der Waals surface area contributed by atoms with Gasteiger partial charge in [-0.2, -0.15) is 6.08 Å². The van der Waals surface area contributed by atoms with Crippen molar-refractivity contribution >= 4 is 3.21 Å². The van der Waals surface area contributed by atoms with E-state index in [9.17, 15) is 26.3 Å². The van der Waals surface area contributed by atoms with Crippen molar-refractivity contribution in [1.29, 1.82) is 0 Å². The van der Waals surface area contributed by atoms with Crippen LogP contribution >= 0.6 is 0 Å². The van der Waals surface area contributed by atoms with Gasteiger partial charge in [-0.05, 0) is 58.9 Å². The number of fused-ring (bicyclic) bond motifs is 3. The van der Waals surface area contributed by atoms with Crippen molar-refractivity contribution in [2.75, 3.05) is 0 Å². The molecule has 2 aliphatic rings. The Hall–Kier alpha value is -4.29. The van der Waals surface area contributed by atoms with Crippen LogP contribution in [-0.2, 0) is 53.8 Å². The average molecular weight is 987 g/mol. The molecular formula is C55H50Cl2F6Zr-2. The van der Waals surface area contributed by atoms with Gasteiger partial charge in [-0.3, -0.25) is 6.08 Å². The second-order valence-corrected chi connectivity index (χ2v) is 19.1. The molecule has 0 amide bonds. The Morgan fingerprint density at radius 3 is 1.42 bits per heavy atom. The molecule has 0 atom stereocenters. The molecule has 0 N–H and O–H groups in total. The van der Waals surface area contributed by atoms with Gasteiger partial charge in [-0.25, -0.2) is 12.2 Å². The molecule has 6 aromatic rings. The van der Waals surface area contributed by atoms with Crippen molar-refractivity contribution in [3.05, 3.63) is 201 Å². The van der Waals surface area contributed by atoms with Crippen LogP contribution in [0.25, 0.3) is 33.4 Å². The summed E-state index contributed by atoms with van der Waals surface area (Å²) >= 11 is 0.898. The van der Waals surface area contributed by atoms with Crippen LogP contribution in [0.2, 0.25) is 0 Å². The minimum absolute atomic E-state index is 0. The van der Waals surface area contributed by atoms with Crippen LogP contribution in [0.5, 0.6) is 0 Å². The first-order valence-corrected chi connectivity index (χ1v) is 21.8. The third-order valence-corrected chi connectivity index (χ3v) is 12.5. The summed E-state index contributed by atoms with van der Waals surface area (Å²) < 4.78 is 75.6. The Bertz CT molecular complexity index is 2460. The van der Waals surface area contributed by atoms with E-state index in [1.807, 2.05) is 12.2 Å². The SMILES string of the molecule is Cc1ccccc1-c1[c-]c2c(cc1C(C)(C)C)-c1cc(C(C)(C)C)c(-c3ccccc3C)cc1C2.FC(F)(F)c1ccc([C](=[Zr+2])c2ccc(C(F)(F)F)cc2)cc1.[C-]1=CC=CC1.[Cl-].[Cl-]. The smallest absolute Gasteiger partial charge is 0.109 e. The number of hydrogen-bond donors (Lipinski definition) is 0. The van der Waals surface area contributed by atoms with Crippen LogP contribution in [0, 0.1) is 26.0 Å². The Labute approximate surface area is 402 Å². The summed E-state index contributed by atoms with van der Waals surface area (Å²) in [7, 11) is 0. The summed E-state index contributed by atoms with van der Waals surface area (Å²) in [6.45, 7) is 18.4. The van der Waals surface area contributed by atoms with E-state index in [4.69, 9.17) is 0 Å². The van der Waals surface area contributed by atoms with Crippen LogP contribution < -0.4 is 24.8 Å². The summed E-state index contributed by atoms with van der Waals surface area (Å²) in [5.74, 6) is 0. The largest absolute Gasteiger partial charge is 1.00 e. The summed E-state index contributed by atoms with van der Waals surface area (Å²) in [5, 5.41) is 0. The monoisotopic (exact) mass is 984 g/mol. The summed E-state index contributed by atoms with van der Waals surface area (Å²) in [6, 6.07) is 38.0. The van der Waals surface area contributed by atoms with Crippen molar-refractivity contribution in [3.8, 4) is 33.4 Å². The van der Waals surface area contributed by atoms with E-state index in [1.165, 1.54) is 91.0 Å². The van der Waals surface area contributed by atoms with Gasteiger partial charge in [0.25, 0.3) is 0 Å². The van der Waals surface area contributed by atoms with Crippen LogP contribution in [-0.4, -0.2) is 3.21 Å². The minimum Gasteiger partial charge on any atom is -1.00 e. The zero-order valence-electron chi connectivity index (χ0n) is 37.1. The van der Waals surface area contributed by atoms with Gasteiger partial charge in [0.15, 0.2) is 0 Å². The van der Waals surface area contributed by atoms with Gasteiger partial charge in [0.2, 0.25) is 0 Å². The van der Waals surface area contributed by atoms with Crippen LogP contribution in [0.3, 0.4) is 0 Å². The predicted octanol–water partition coefficient (Wildman–Crippen LogP) is 9.76. The molecule has 0 bridgehead atoms. The van der Waals surface area contributed by atoms with Crippen molar-refractivity contribution < 1.29 is 75.4 Å². The number of halogens is 8. The van der Waals surface area contributed by atoms with Crippen molar-refractivity contribution in [1.82, 2.24) is 0 Å². The molecule has 9 heteroatoms. The zero-order valence-corrected chi connectivity index (χ0v) is 41.1. The Balaban J connectivity index is 0.000000265. The second-order valence-electron chi connectivity index (χ2n) is 17.8. The molecule has 0 heterocycles. The molecular weight excluding hydrogens is 937 g/mol. The number of allylic oxidation sites excluding steroid dienone is 4. The molecule has 0 fully saturated rings. The van der Waals surface area contributed by atoms with Gasteiger partial charge in [0, 0.05) is 0 Å². The fourth-order valence-electron chi connectivity index (χ4n) is 7.74. The number of hydrogen-bond acceptors (Lipinski definition) is 0. The first-order valence-electron chi connectivity index (χ1n) is 20.6. The first kappa shape index (κ1) is 52.3. The van der Waals surface area contributed by atoms with E-state index in [0.29, 0.717) is 14.3 Å². The van der Waals surface area contributed by atoms with Crippen molar-refractivity contribution in [3.63, 3.8) is 0 Å². The second kappa shape index (κ2) is 20.9. The third-order valence-electron chi connectivity index (χ3n) is 11.1. The molecule has 8 rings (SSSR count). The molecule has 0 nitrogen and oxygen atoms in total. The van der Waals surface area contributed by atoms with Crippen LogP contribution in [0.1, 0.15) is 104 Å². The van der Waals surface area contributed by atoms with Gasteiger partial charge in [0.05, 0.1) is 0 Å². The molecule has 0 saturated carbocycles. The Morgan fingerprint density at radius 2 is 1.02 bits per heavy atom. The number of benzene rings is 6. The molecule has 0 aromatic heterocycles. The van der Waals surface area contributed by atoms with Crippen molar-refractivity contribution in [2.45, 2.75) is 91.4 Å². The zero-order chi connectivity index (χ0) is 45.2. The van der Waals surface area contributed by atoms with E-state index < -0.39 is 23.5 Å². The van der Waals surface area contributed by atoms with E-state index in [0.717, 1.165) is 61.3 Å².